The first-order valence-corrected chi connectivity index (χ1v) is 7.06. The van der Waals surface area contributed by atoms with Crippen LogP contribution in [0.1, 0.15) is 12.8 Å². The summed E-state index contributed by atoms with van der Waals surface area (Å²) in [6.45, 7) is 1.72. The molecule has 2 atom stereocenters. The molecule has 5 heteroatoms. The van der Waals surface area contributed by atoms with Gasteiger partial charge >= 0.3 is 0 Å². The van der Waals surface area contributed by atoms with E-state index in [0.29, 0.717) is 18.0 Å². The number of hydrogen-bond donors (Lipinski definition) is 1. The maximum atomic E-state index is 12.5. The number of aliphatic hydroxyl groups is 1. The monoisotopic (exact) mass is 277 g/mol. The Morgan fingerprint density at radius 2 is 2.15 bits per heavy atom. The number of piperidine rings is 1. The fraction of sp³-hybridized carbons (Fsp3) is 0.533. The molecular weight excluding hydrogens is 258 g/mol. The van der Waals surface area contributed by atoms with Gasteiger partial charge in [0.15, 0.2) is 11.5 Å². The van der Waals surface area contributed by atoms with Crippen LogP contribution < -0.4 is 9.47 Å². The largest absolute Gasteiger partial charge is 0.485 e. The molecule has 1 aromatic rings. The third-order valence-electron chi connectivity index (χ3n) is 3.87. The van der Waals surface area contributed by atoms with Crippen molar-refractivity contribution in [2.45, 2.75) is 18.9 Å². The lowest BCUT2D eigenvalue weighted by molar-refractivity contribution is -0.143. The highest BCUT2D eigenvalue weighted by atomic mass is 16.6. The van der Waals surface area contributed by atoms with Crippen LogP contribution in [0.15, 0.2) is 24.3 Å². The summed E-state index contributed by atoms with van der Waals surface area (Å²) in [5.74, 6) is 1.44. The van der Waals surface area contributed by atoms with E-state index >= 15 is 0 Å². The van der Waals surface area contributed by atoms with Crippen molar-refractivity contribution in [2.24, 2.45) is 5.92 Å². The normalized spacial score (nSPS) is 25.4. The van der Waals surface area contributed by atoms with Gasteiger partial charge in [-0.1, -0.05) is 12.1 Å². The van der Waals surface area contributed by atoms with Crippen molar-refractivity contribution in [3.05, 3.63) is 24.3 Å². The molecule has 2 aliphatic rings. The third kappa shape index (κ3) is 2.58. The van der Waals surface area contributed by atoms with Gasteiger partial charge in [0.1, 0.15) is 6.61 Å². The van der Waals surface area contributed by atoms with Crippen LogP contribution in [0.25, 0.3) is 0 Å². The molecule has 108 valence electrons. The zero-order valence-corrected chi connectivity index (χ0v) is 11.3. The van der Waals surface area contributed by atoms with Crippen molar-refractivity contribution in [1.29, 1.82) is 0 Å². The number of para-hydroxylation sites is 2. The Labute approximate surface area is 118 Å². The smallest absolute Gasteiger partial charge is 0.267 e. The highest BCUT2D eigenvalue weighted by molar-refractivity contribution is 5.82. The molecule has 1 N–H and O–H groups in total. The van der Waals surface area contributed by atoms with E-state index in [9.17, 15) is 9.90 Å². The summed E-state index contributed by atoms with van der Waals surface area (Å²) >= 11 is 0. The number of likely N-dealkylation sites (tertiary alicyclic amines) is 1. The molecule has 20 heavy (non-hydrogen) atoms. The summed E-state index contributed by atoms with van der Waals surface area (Å²) in [6, 6.07) is 7.37. The SMILES string of the molecule is O=C([C@H]1COc2ccccc2O1)N1CCC[C@@H](CO)C1. The van der Waals surface area contributed by atoms with Crippen LogP contribution in [0.5, 0.6) is 11.5 Å². The van der Waals surface area contributed by atoms with Gasteiger partial charge in [0, 0.05) is 19.7 Å². The van der Waals surface area contributed by atoms with Crippen LogP contribution in [0, 0.1) is 5.92 Å². The second-order valence-electron chi connectivity index (χ2n) is 5.34. The molecule has 2 heterocycles. The number of fused-ring (bicyclic) bond motifs is 1. The minimum Gasteiger partial charge on any atom is -0.485 e. The van der Waals surface area contributed by atoms with Gasteiger partial charge in [0.25, 0.3) is 5.91 Å². The van der Waals surface area contributed by atoms with Crippen molar-refractivity contribution >= 4 is 5.91 Å². The van der Waals surface area contributed by atoms with Crippen LogP contribution >= 0.6 is 0 Å². The van der Waals surface area contributed by atoms with Gasteiger partial charge in [0.05, 0.1) is 0 Å². The standard InChI is InChI=1S/C15H19NO4/c17-9-11-4-3-7-16(8-11)15(18)14-10-19-12-5-1-2-6-13(12)20-14/h1-2,5-6,11,14,17H,3-4,7-10H2/t11-,14-/m1/s1. The summed E-state index contributed by atoms with van der Waals surface area (Å²) in [6.07, 6.45) is 1.33. The molecule has 0 aliphatic carbocycles. The topological polar surface area (TPSA) is 59.0 Å². The molecule has 1 saturated heterocycles. The average Bonchev–Trinajstić information content (AvgIpc) is 2.53. The predicted molar refractivity (Wildman–Crippen MR) is 72.7 cm³/mol. The molecule has 5 nitrogen and oxygen atoms in total. The van der Waals surface area contributed by atoms with Gasteiger partial charge in [-0.05, 0) is 30.9 Å². The molecule has 1 amide bonds. The van der Waals surface area contributed by atoms with Gasteiger partial charge in [-0.2, -0.15) is 0 Å². The zero-order chi connectivity index (χ0) is 13.9. The van der Waals surface area contributed by atoms with E-state index in [1.807, 2.05) is 24.3 Å². The summed E-state index contributed by atoms with van der Waals surface area (Å²) in [5.41, 5.74) is 0. The van der Waals surface area contributed by atoms with Crippen molar-refractivity contribution < 1.29 is 19.4 Å². The number of amides is 1. The number of rotatable bonds is 2. The lowest BCUT2D eigenvalue weighted by atomic mass is 9.98. The number of aliphatic hydroxyl groups excluding tert-OH is 1. The summed E-state index contributed by atoms with van der Waals surface area (Å²) in [7, 11) is 0. The Bertz CT molecular complexity index is 491. The van der Waals surface area contributed by atoms with Crippen LogP contribution in [-0.2, 0) is 4.79 Å². The Hall–Kier alpha value is -1.75. The van der Waals surface area contributed by atoms with Crippen molar-refractivity contribution in [3.8, 4) is 11.5 Å². The average molecular weight is 277 g/mol. The van der Waals surface area contributed by atoms with Gasteiger partial charge < -0.3 is 19.5 Å². The summed E-state index contributed by atoms with van der Waals surface area (Å²) < 4.78 is 11.3. The number of nitrogens with zero attached hydrogens (tertiary/aromatic N) is 1. The van der Waals surface area contributed by atoms with Crippen LogP contribution in [-0.4, -0.2) is 48.3 Å². The lowest BCUT2D eigenvalue weighted by Gasteiger charge is -2.35. The molecule has 1 fully saturated rings. The van der Waals surface area contributed by atoms with Gasteiger partial charge in [-0.15, -0.1) is 0 Å². The number of hydrogen-bond acceptors (Lipinski definition) is 4. The molecule has 0 saturated carbocycles. The molecule has 1 aromatic carbocycles. The van der Waals surface area contributed by atoms with E-state index in [0.717, 1.165) is 19.4 Å². The first-order valence-electron chi connectivity index (χ1n) is 7.06. The van der Waals surface area contributed by atoms with Crippen LogP contribution in [0.3, 0.4) is 0 Å². The van der Waals surface area contributed by atoms with Crippen LogP contribution in [0.4, 0.5) is 0 Å². The molecule has 3 rings (SSSR count). The Kier molecular flexibility index (Phi) is 3.78. The minimum absolute atomic E-state index is 0.0438. The van der Waals surface area contributed by atoms with Gasteiger partial charge in [-0.25, -0.2) is 0 Å². The molecule has 0 aromatic heterocycles. The minimum atomic E-state index is -0.581. The number of benzene rings is 1. The highest BCUT2D eigenvalue weighted by Gasteiger charge is 2.33. The third-order valence-corrected chi connectivity index (χ3v) is 3.87. The van der Waals surface area contributed by atoms with E-state index in [-0.39, 0.29) is 25.0 Å². The van der Waals surface area contributed by atoms with Crippen molar-refractivity contribution in [1.82, 2.24) is 4.90 Å². The van der Waals surface area contributed by atoms with Gasteiger partial charge in [0.2, 0.25) is 6.10 Å². The fourth-order valence-electron chi connectivity index (χ4n) is 2.76. The Morgan fingerprint density at radius 3 is 2.95 bits per heavy atom. The van der Waals surface area contributed by atoms with E-state index in [1.54, 1.807) is 4.90 Å². The molecule has 2 aliphatic heterocycles. The van der Waals surface area contributed by atoms with Crippen molar-refractivity contribution in [3.63, 3.8) is 0 Å². The van der Waals surface area contributed by atoms with E-state index in [4.69, 9.17) is 9.47 Å². The summed E-state index contributed by atoms with van der Waals surface area (Å²) in [4.78, 5) is 14.2. The maximum absolute atomic E-state index is 12.5. The second-order valence-corrected chi connectivity index (χ2v) is 5.34. The van der Waals surface area contributed by atoms with Crippen LogP contribution in [0.2, 0.25) is 0 Å². The first-order chi connectivity index (χ1) is 9.78. The summed E-state index contributed by atoms with van der Waals surface area (Å²) in [5, 5.41) is 9.24. The van der Waals surface area contributed by atoms with E-state index < -0.39 is 6.10 Å². The zero-order valence-electron chi connectivity index (χ0n) is 11.3. The number of ether oxygens (including phenoxy) is 2. The van der Waals surface area contributed by atoms with Crippen molar-refractivity contribution in [2.75, 3.05) is 26.3 Å². The Morgan fingerprint density at radius 1 is 1.35 bits per heavy atom. The lowest BCUT2D eigenvalue weighted by Crippen LogP contribution is -2.50. The molecule has 0 unspecified atom stereocenters. The van der Waals surface area contributed by atoms with E-state index in [2.05, 4.69) is 0 Å². The highest BCUT2D eigenvalue weighted by Crippen LogP contribution is 2.31. The Balaban J connectivity index is 1.67. The first kappa shape index (κ1) is 13.2. The molecule has 0 spiro atoms. The second kappa shape index (κ2) is 5.71. The quantitative estimate of drug-likeness (QED) is 0.878. The molecule has 0 bridgehead atoms. The predicted octanol–water partition coefficient (Wildman–Crippen LogP) is 1.06. The number of carbonyl (C=O) groups is 1. The maximum Gasteiger partial charge on any atom is 0.267 e. The van der Waals surface area contributed by atoms with Gasteiger partial charge in [-0.3, -0.25) is 4.79 Å². The number of carbonyl (C=O) groups excluding carboxylic acids is 1. The molecular formula is C15H19NO4. The molecule has 0 radical (unpaired) electrons. The fourth-order valence-corrected chi connectivity index (χ4v) is 2.76. The van der Waals surface area contributed by atoms with E-state index in [1.165, 1.54) is 0 Å².